The summed E-state index contributed by atoms with van der Waals surface area (Å²) in [6, 6.07) is 22.4. The summed E-state index contributed by atoms with van der Waals surface area (Å²) in [4.78, 5) is 19.6. The Balaban J connectivity index is 1.59. The molecular weight excluding hydrogens is 588 g/mol. The van der Waals surface area contributed by atoms with Crippen molar-refractivity contribution in [1.82, 2.24) is 4.57 Å². The molecule has 0 N–H and O–H groups in total. The number of aromatic nitrogens is 1. The van der Waals surface area contributed by atoms with Gasteiger partial charge in [0.15, 0.2) is 4.80 Å². The monoisotopic (exact) mass is 606 g/mol. The van der Waals surface area contributed by atoms with Gasteiger partial charge in [-0.25, -0.2) is 4.99 Å². The number of rotatable bonds is 3. The third kappa shape index (κ3) is 3.96. The Labute approximate surface area is 223 Å². The molecule has 4 nitrogen and oxygen atoms in total. The van der Waals surface area contributed by atoms with Crippen molar-refractivity contribution in [3.05, 3.63) is 123 Å². The Morgan fingerprint density at radius 3 is 2.63 bits per heavy atom. The van der Waals surface area contributed by atoms with Gasteiger partial charge in [-0.1, -0.05) is 69.7 Å². The number of nitrogens with zero attached hydrogens (tertiary/aromatic N) is 2. The molecule has 1 unspecified atom stereocenters. The number of fused-ring (bicyclic) bond motifs is 3. The Kier molecular flexibility index (Phi) is 5.87. The third-order valence-electron chi connectivity index (χ3n) is 6.53. The molecule has 3 aromatic carbocycles. The molecule has 0 amide bonds. The van der Waals surface area contributed by atoms with E-state index in [-0.39, 0.29) is 11.6 Å². The van der Waals surface area contributed by atoms with Crippen LogP contribution < -0.4 is 19.6 Å². The molecule has 174 valence electrons. The fourth-order valence-electron chi connectivity index (χ4n) is 4.89. The first kappa shape index (κ1) is 22.7. The zero-order chi connectivity index (χ0) is 24.1. The average molecular weight is 608 g/mol. The quantitative estimate of drug-likeness (QED) is 0.293. The maximum absolute atomic E-state index is 13.8. The normalized spacial score (nSPS) is 16.9. The van der Waals surface area contributed by atoms with Crippen LogP contribution in [0.3, 0.4) is 0 Å². The molecule has 2 heterocycles. The average Bonchev–Trinajstić information content (AvgIpc) is 3.18. The Morgan fingerprint density at radius 1 is 1.06 bits per heavy atom. The van der Waals surface area contributed by atoms with Crippen molar-refractivity contribution in [2.24, 2.45) is 4.99 Å². The van der Waals surface area contributed by atoms with Crippen LogP contribution in [0.4, 0.5) is 0 Å². The van der Waals surface area contributed by atoms with Crippen LogP contribution in [0.1, 0.15) is 34.7 Å². The minimum atomic E-state index is -0.174. The fourth-order valence-corrected chi connectivity index (χ4v) is 6.71. The van der Waals surface area contributed by atoms with Crippen LogP contribution in [-0.4, -0.2) is 11.7 Å². The standard InChI is InChI=1S/C28H20Br2N2O2S/c1-34-23-13-6-16(14-22(23)30)15-24-27(33)32-26(18-7-10-19(29)11-8-18)21-12-9-17-4-2-3-5-20(17)25(21)31-28(32)35-24/h2-8,10-11,13-15,26H,9,12H2,1H3. The number of ether oxygens (including phenoxy) is 1. The molecule has 0 saturated carbocycles. The van der Waals surface area contributed by atoms with E-state index < -0.39 is 0 Å². The summed E-state index contributed by atoms with van der Waals surface area (Å²) < 4.78 is 9.75. The van der Waals surface area contributed by atoms with Gasteiger partial charge in [-0.15, -0.1) is 0 Å². The van der Waals surface area contributed by atoms with Gasteiger partial charge in [-0.3, -0.25) is 9.36 Å². The number of benzene rings is 3. The Morgan fingerprint density at radius 2 is 1.86 bits per heavy atom. The van der Waals surface area contributed by atoms with Gasteiger partial charge in [-0.2, -0.15) is 0 Å². The summed E-state index contributed by atoms with van der Waals surface area (Å²) in [5.41, 5.74) is 6.71. The first-order valence-corrected chi connectivity index (χ1v) is 13.7. The van der Waals surface area contributed by atoms with Gasteiger partial charge in [0.25, 0.3) is 5.56 Å². The van der Waals surface area contributed by atoms with Gasteiger partial charge in [0.1, 0.15) is 5.75 Å². The number of allylic oxidation sites excluding steroid dienone is 1. The van der Waals surface area contributed by atoms with Crippen LogP contribution >= 0.6 is 43.2 Å². The van der Waals surface area contributed by atoms with Crippen molar-refractivity contribution >= 4 is 55.0 Å². The molecule has 6 rings (SSSR count). The lowest BCUT2D eigenvalue weighted by molar-refractivity contribution is 0.412. The summed E-state index contributed by atoms with van der Waals surface area (Å²) in [7, 11) is 1.64. The van der Waals surface area contributed by atoms with Crippen LogP contribution in [0.2, 0.25) is 0 Å². The van der Waals surface area contributed by atoms with Crippen molar-refractivity contribution in [2.75, 3.05) is 7.11 Å². The fraction of sp³-hybridized carbons (Fsp3) is 0.143. The molecule has 0 fully saturated rings. The highest BCUT2D eigenvalue weighted by Gasteiger charge is 2.32. The molecule has 0 spiro atoms. The number of methoxy groups -OCH3 is 1. The maximum Gasteiger partial charge on any atom is 0.271 e. The van der Waals surface area contributed by atoms with Crippen LogP contribution in [0.5, 0.6) is 5.75 Å². The van der Waals surface area contributed by atoms with E-state index in [0.717, 1.165) is 49.2 Å². The SMILES string of the molecule is COc1ccc(C=c2sc3n(c2=O)C(c2ccc(Br)cc2)C2=C(N=3)c3ccccc3CC2)cc1Br. The molecule has 0 saturated heterocycles. The van der Waals surface area contributed by atoms with E-state index in [0.29, 0.717) is 4.53 Å². The highest BCUT2D eigenvalue weighted by atomic mass is 79.9. The number of thiazole rings is 1. The first-order valence-electron chi connectivity index (χ1n) is 11.3. The van der Waals surface area contributed by atoms with E-state index in [1.807, 2.05) is 41.0 Å². The lowest BCUT2D eigenvalue weighted by Crippen LogP contribution is -2.38. The molecule has 1 aliphatic heterocycles. The minimum absolute atomic E-state index is 0.0148. The second-order valence-electron chi connectivity index (χ2n) is 8.56. The molecule has 0 bridgehead atoms. The zero-order valence-corrected chi connectivity index (χ0v) is 22.8. The summed E-state index contributed by atoms with van der Waals surface area (Å²) in [5, 5.41) is 0. The molecule has 2 aliphatic rings. The van der Waals surface area contributed by atoms with E-state index in [9.17, 15) is 4.79 Å². The van der Waals surface area contributed by atoms with E-state index in [1.165, 1.54) is 28.0 Å². The van der Waals surface area contributed by atoms with Crippen molar-refractivity contribution < 1.29 is 4.74 Å². The van der Waals surface area contributed by atoms with Crippen LogP contribution in [-0.2, 0) is 6.42 Å². The van der Waals surface area contributed by atoms with Crippen molar-refractivity contribution in [3.63, 3.8) is 0 Å². The van der Waals surface area contributed by atoms with Gasteiger partial charge < -0.3 is 4.74 Å². The predicted molar refractivity (Wildman–Crippen MR) is 148 cm³/mol. The van der Waals surface area contributed by atoms with Crippen molar-refractivity contribution in [1.29, 1.82) is 0 Å². The summed E-state index contributed by atoms with van der Waals surface area (Å²) in [6.07, 6.45) is 3.76. The molecule has 35 heavy (non-hydrogen) atoms. The van der Waals surface area contributed by atoms with Crippen molar-refractivity contribution in [2.45, 2.75) is 18.9 Å². The second-order valence-corrected chi connectivity index (χ2v) is 11.3. The van der Waals surface area contributed by atoms with E-state index in [1.54, 1.807) is 7.11 Å². The van der Waals surface area contributed by atoms with Crippen molar-refractivity contribution in [3.8, 4) is 5.75 Å². The number of halogens is 2. The minimum Gasteiger partial charge on any atom is -0.496 e. The van der Waals surface area contributed by atoms with Gasteiger partial charge >= 0.3 is 0 Å². The maximum atomic E-state index is 13.8. The van der Waals surface area contributed by atoms with Crippen LogP contribution in [0, 0.1) is 0 Å². The topological polar surface area (TPSA) is 43.6 Å². The lowest BCUT2D eigenvalue weighted by Gasteiger charge is -2.30. The molecule has 7 heteroatoms. The van der Waals surface area contributed by atoms with Gasteiger partial charge in [0.05, 0.1) is 27.9 Å². The largest absolute Gasteiger partial charge is 0.496 e. The number of hydrogen-bond donors (Lipinski definition) is 0. The second kappa shape index (κ2) is 9.04. The molecular formula is C28H20Br2N2O2S. The molecule has 1 aromatic heterocycles. The Bertz CT molecular complexity index is 1680. The smallest absolute Gasteiger partial charge is 0.271 e. The summed E-state index contributed by atoms with van der Waals surface area (Å²) in [5.74, 6) is 0.755. The van der Waals surface area contributed by atoms with Crippen LogP contribution in [0.15, 0.2) is 91.0 Å². The molecule has 4 aromatic rings. The highest BCUT2D eigenvalue weighted by Crippen LogP contribution is 2.41. The van der Waals surface area contributed by atoms with Crippen LogP contribution in [0.25, 0.3) is 11.8 Å². The molecule has 1 aliphatic carbocycles. The zero-order valence-electron chi connectivity index (χ0n) is 18.8. The number of aryl methyl sites for hydroxylation is 1. The third-order valence-corrected chi connectivity index (χ3v) is 8.66. The highest BCUT2D eigenvalue weighted by molar-refractivity contribution is 9.10. The summed E-state index contributed by atoms with van der Waals surface area (Å²) in [6.45, 7) is 0. The lowest BCUT2D eigenvalue weighted by atomic mass is 9.83. The number of hydrogen-bond acceptors (Lipinski definition) is 4. The summed E-state index contributed by atoms with van der Waals surface area (Å²) >= 11 is 8.54. The Hall–Kier alpha value is -2.74. The van der Waals surface area contributed by atoms with Gasteiger partial charge in [-0.05, 0) is 81.4 Å². The van der Waals surface area contributed by atoms with E-state index in [4.69, 9.17) is 9.73 Å². The molecule has 0 radical (unpaired) electrons. The van der Waals surface area contributed by atoms with E-state index >= 15 is 0 Å². The molecule has 1 atom stereocenters. The van der Waals surface area contributed by atoms with Gasteiger partial charge in [0, 0.05) is 10.0 Å². The van der Waals surface area contributed by atoms with E-state index in [2.05, 4.69) is 68.3 Å². The predicted octanol–water partition coefficient (Wildman–Crippen LogP) is 5.85. The van der Waals surface area contributed by atoms with Gasteiger partial charge in [0.2, 0.25) is 0 Å². The first-order chi connectivity index (χ1) is 17.0.